The Balaban J connectivity index is 0.00000281. The monoisotopic (exact) mass is 800 g/mol. The molecule has 0 saturated heterocycles. The van der Waals surface area contributed by atoms with Crippen molar-refractivity contribution in [3.63, 3.8) is 0 Å². The van der Waals surface area contributed by atoms with Crippen molar-refractivity contribution in [2.24, 2.45) is 10.8 Å². The topological polar surface area (TPSA) is 0 Å². The minimum absolute atomic E-state index is 0. The molecule has 4 aromatic rings. The van der Waals surface area contributed by atoms with E-state index < -0.39 is 17.4 Å². The van der Waals surface area contributed by atoms with Gasteiger partial charge in [-0.2, -0.15) is 0 Å². The van der Waals surface area contributed by atoms with Crippen LogP contribution in [0.15, 0.2) is 96.1 Å². The molecule has 266 valence electrons. The summed E-state index contributed by atoms with van der Waals surface area (Å²) in [4.78, 5) is 0. The summed E-state index contributed by atoms with van der Waals surface area (Å²) in [6.45, 7) is 26.7. The zero-order chi connectivity index (χ0) is 35.0. The predicted octanol–water partition coefficient (Wildman–Crippen LogP) is 13.8. The summed E-state index contributed by atoms with van der Waals surface area (Å²) in [5.41, 5.74) is 21.0. The van der Waals surface area contributed by atoms with Crippen LogP contribution in [0.1, 0.15) is 110 Å². The maximum absolute atomic E-state index is 3.92. The molecule has 0 N–H and O–H groups in total. The van der Waals surface area contributed by atoms with Gasteiger partial charge in [-0.25, -0.2) is 0 Å². The Morgan fingerprint density at radius 1 is 0.540 bits per heavy atom. The normalized spacial score (nSPS) is 17.7. The fraction of sp³-hybridized carbons (Fsp3) is 0.391. The van der Waals surface area contributed by atoms with Crippen LogP contribution < -0.4 is 0 Å². The molecule has 0 fully saturated rings. The van der Waals surface area contributed by atoms with Crippen molar-refractivity contribution in [2.75, 3.05) is 0 Å². The fourth-order valence-corrected chi connectivity index (χ4v) is 29.8. The van der Waals surface area contributed by atoms with E-state index in [0.717, 1.165) is 12.8 Å². The molecule has 0 aromatic heterocycles. The molecule has 2 aliphatic rings. The van der Waals surface area contributed by atoms with E-state index in [9.17, 15) is 0 Å². The van der Waals surface area contributed by atoms with Crippen molar-refractivity contribution in [3.8, 4) is 22.3 Å². The minimum atomic E-state index is -3.92. The summed E-state index contributed by atoms with van der Waals surface area (Å²) in [7, 11) is 0. The maximum atomic E-state index is 2.82. The van der Waals surface area contributed by atoms with Crippen molar-refractivity contribution >= 4 is 42.8 Å². The molecule has 0 spiro atoms. The van der Waals surface area contributed by atoms with Gasteiger partial charge in [0.25, 0.3) is 0 Å². The summed E-state index contributed by atoms with van der Waals surface area (Å²) in [6, 6.07) is 33.2. The van der Waals surface area contributed by atoms with Crippen molar-refractivity contribution in [2.45, 2.75) is 98.6 Å². The zero-order valence-electron chi connectivity index (χ0n) is 32.7. The van der Waals surface area contributed by atoms with Crippen LogP contribution in [0.3, 0.4) is 0 Å². The molecule has 0 amide bonds. The molecule has 2 unspecified atom stereocenters. The van der Waals surface area contributed by atoms with E-state index in [1.54, 1.807) is 22.3 Å². The Bertz CT molecular complexity index is 1900. The van der Waals surface area contributed by atoms with Crippen LogP contribution >= 0.6 is 24.8 Å². The predicted molar refractivity (Wildman–Crippen MR) is 227 cm³/mol. The Morgan fingerprint density at radius 2 is 0.860 bits per heavy atom. The molecule has 0 aliphatic heterocycles. The van der Waals surface area contributed by atoms with E-state index in [4.69, 9.17) is 0 Å². The molecule has 0 heterocycles. The van der Waals surface area contributed by atoms with Crippen molar-refractivity contribution in [1.82, 2.24) is 0 Å². The van der Waals surface area contributed by atoms with E-state index in [-0.39, 0.29) is 35.6 Å². The van der Waals surface area contributed by atoms with Crippen molar-refractivity contribution in [1.29, 1.82) is 0 Å². The second-order valence-corrected chi connectivity index (χ2v) is 48.5. The number of aryl methyl sites for hydroxylation is 2. The molecule has 6 rings (SSSR count). The van der Waals surface area contributed by atoms with Gasteiger partial charge >= 0.3 is 297 Å². The number of rotatable bonds is 6. The first-order valence-corrected chi connectivity index (χ1v) is 32.0. The van der Waals surface area contributed by atoms with E-state index in [1.807, 2.05) is 0 Å². The van der Waals surface area contributed by atoms with Crippen LogP contribution in [0.25, 0.3) is 33.4 Å². The molecule has 0 bridgehead atoms. The van der Waals surface area contributed by atoms with Gasteiger partial charge in [0.1, 0.15) is 0 Å². The third-order valence-corrected chi connectivity index (χ3v) is 28.9. The van der Waals surface area contributed by atoms with E-state index in [0.29, 0.717) is 7.25 Å². The molecular weight excluding hydrogens is 743 g/mol. The first-order valence-electron chi connectivity index (χ1n) is 18.3. The van der Waals surface area contributed by atoms with E-state index in [1.165, 1.54) is 55.7 Å². The van der Waals surface area contributed by atoms with Gasteiger partial charge in [-0.05, 0) is 0 Å². The number of fused-ring (bicyclic) bond motifs is 2. The van der Waals surface area contributed by atoms with Crippen molar-refractivity contribution in [3.05, 3.63) is 129 Å². The number of hydrogen-bond donors (Lipinski definition) is 0. The van der Waals surface area contributed by atoms with Gasteiger partial charge < -0.3 is 0 Å². The van der Waals surface area contributed by atoms with E-state index >= 15 is 0 Å². The van der Waals surface area contributed by atoms with Crippen LogP contribution in [-0.4, -0.2) is 6.88 Å². The average Bonchev–Trinajstić information content (AvgIpc) is 3.54. The van der Waals surface area contributed by atoms with Gasteiger partial charge in [-0.1, -0.05) is 0 Å². The number of hydrogen-bond acceptors (Lipinski definition) is 0. The van der Waals surface area contributed by atoms with Gasteiger partial charge in [-0.3, -0.25) is 0 Å². The zero-order valence-corrected chi connectivity index (χ0v) is 38.2. The molecule has 0 radical (unpaired) electrons. The molecule has 50 heavy (non-hydrogen) atoms. The first kappa shape index (κ1) is 40.8. The number of benzene rings is 4. The molecular formula is C46H60Cl2SiZr. The maximum Gasteiger partial charge on any atom is -0.147 e. The molecule has 0 nitrogen and oxygen atoms in total. The summed E-state index contributed by atoms with van der Waals surface area (Å²) < 4.78 is 6.57. The molecule has 4 heteroatoms. The van der Waals surface area contributed by atoms with Crippen LogP contribution in [0.5, 0.6) is 0 Å². The van der Waals surface area contributed by atoms with E-state index in [2.05, 4.69) is 170 Å². The van der Waals surface area contributed by atoms with Crippen LogP contribution in [0.2, 0.25) is 9.26 Å². The molecule has 2 aliphatic carbocycles. The smallest absolute Gasteiger partial charge is 0.147 e. The Labute approximate surface area is 319 Å². The summed E-state index contributed by atoms with van der Waals surface area (Å²) in [5, 5.41) is 0. The van der Waals surface area contributed by atoms with Gasteiger partial charge in [0.05, 0.1) is 0 Å². The fourth-order valence-electron chi connectivity index (χ4n) is 9.92. The Kier molecular flexibility index (Phi) is 11.5. The quantitative estimate of drug-likeness (QED) is 0.170. The molecule has 2 atom stereocenters. The standard InChI is InChI=1S/2C22H25.2CH3.2ClH.H2Si.Zr/c2*1-6-16-10-12-17(13-11-16)19-9-7-8-18-14-20(22(3,4)5)15(2)21(18)19;;;;;;/h2*7-14H,6H2,1-5H3;2*1H3;2*1H;1H2;. The van der Waals surface area contributed by atoms with Crippen LogP contribution in [0, 0.1) is 10.8 Å². The van der Waals surface area contributed by atoms with Crippen molar-refractivity contribution < 1.29 is 17.4 Å². The third-order valence-electron chi connectivity index (χ3n) is 11.8. The largest absolute Gasteiger partial charge is 0.147 e. The van der Waals surface area contributed by atoms with Gasteiger partial charge in [0.15, 0.2) is 0 Å². The second-order valence-electron chi connectivity index (χ2n) is 18.0. The average molecular weight is 803 g/mol. The Morgan fingerprint density at radius 3 is 1.14 bits per heavy atom. The number of allylic oxidation sites excluding steroid dienone is 4. The summed E-state index contributed by atoms with van der Waals surface area (Å²) in [5.74, 6) is 0. The Hall–Kier alpha value is -1.96. The summed E-state index contributed by atoms with van der Waals surface area (Å²) in [6.07, 6.45) is 2.14. The SMILES string of the molecule is CCc1ccc(-c2cccc3c2C(C)=C(C(C)(C)C)[CH]3[Zr]([CH3])([CH3])(=[SiH2])[CH]2C(C(C)(C)C)=C(C)c3c(-c4ccc(CC)cc4)cccc32)cc1.Cl.Cl. The third kappa shape index (κ3) is 6.70. The van der Waals surface area contributed by atoms with Gasteiger partial charge in [0.2, 0.25) is 0 Å². The molecule has 4 aromatic carbocycles. The first-order chi connectivity index (χ1) is 22.4. The van der Waals surface area contributed by atoms with Crippen LogP contribution in [-0.2, 0) is 30.2 Å². The van der Waals surface area contributed by atoms with Gasteiger partial charge in [0, 0.05) is 0 Å². The van der Waals surface area contributed by atoms with Crippen LogP contribution in [0.4, 0.5) is 0 Å². The molecule has 0 saturated carbocycles. The number of halogens is 2. The summed E-state index contributed by atoms with van der Waals surface area (Å²) >= 11 is -3.92. The minimum Gasteiger partial charge on any atom is -0.147 e. The second kappa shape index (κ2) is 14.1. The van der Waals surface area contributed by atoms with Gasteiger partial charge in [-0.15, -0.1) is 24.8 Å².